The van der Waals surface area contributed by atoms with Gasteiger partial charge in [-0.15, -0.1) is 0 Å². The average Bonchev–Trinajstić information content (AvgIpc) is 3.14. The van der Waals surface area contributed by atoms with Crippen LogP contribution in [0.5, 0.6) is 0 Å². The van der Waals surface area contributed by atoms with Crippen molar-refractivity contribution in [1.82, 2.24) is 14.3 Å². The van der Waals surface area contributed by atoms with Crippen molar-refractivity contribution in [2.45, 2.75) is 6.92 Å². The summed E-state index contributed by atoms with van der Waals surface area (Å²) in [7, 11) is 3.31. The second-order valence-electron chi connectivity index (χ2n) is 7.19. The van der Waals surface area contributed by atoms with Crippen molar-refractivity contribution >= 4 is 39.9 Å². The summed E-state index contributed by atoms with van der Waals surface area (Å²) < 4.78 is 48.4. The van der Waals surface area contributed by atoms with Crippen LogP contribution in [-0.2, 0) is 14.1 Å². The van der Waals surface area contributed by atoms with E-state index in [1.807, 2.05) is 6.92 Å². The first kappa shape index (κ1) is 21.8. The van der Waals surface area contributed by atoms with Crippen LogP contribution in [0.15, 0.2) is 47.5 Å². The van der Waals surface area contributed by atoms with Crippen LogP contribution in [0.3, 0.4) is 0 Å². The molecule has 6 nitrogen and oxygen atoms in total. The summed E-state index contributed by atoms with van der Waals surface area (Å²) in [5.74, 6) is -1.38. The molecule has 0 bridgehead atoms. The molecule has 0 aliphatic rings. The lowest BCUT2D eigenvalue weighted by Gasteiger charge is -2.17. The van der Waals surface area contributed by atoms with Gasteiger partial charge in [0.15, 0.2) is 0 Å². The van der Waals surface area contributed by atoms with Crippen LogP contribution in [0.25, 0.3) is 22.0 Å². The molecule has 10 heteroatoms. The number of hydrogen-bond donors (Lipinski definition) is 2. The molecular formula is C22H20F3N5OS. The Labute approximate surface area is 186 Å². The number of nitrogens with one attached hydrogen (secondary N) is 2. The average molecular weight is 459 g/mol. The van der Waals surface area contributed by atoms with E-state index in [0.717, 1.165) is 12.1 Å². The predicted octanol–water partition coefficient (Wildman–Crippen LogP) is 5.18. The number of hydrogen-bond acceptors (Lipinski definition) is 5. The van der Waals surface area contributed by atoms with E-state index >= 15 is 0 Å². The number of benzene rings is 2. The van der Waals surface area contributed by atoms with Gasteiger partial charge in [-0.3, -0.25) is 9.48 Å². The molecular weight excluding hydrogens is 439 g/mol. The Morgan fingerprint density at radius 3 is 2.44 bits per heavy atom. The zero-order valence-electron chi connectivity index (χ0n) is 17.5. The largest absolute Gasteiger partial charge is 0.353 e. The van der Waals surface area contributed by atoms with Gasteiger partial charge < -0.3 is 14.6 Å². The SMILES string of the molecule is CCSNc1cc(-c2cn(C)c(=O)c3cn(C)nc23)c(Nc2ccc(F)cc2F)cc1F. The first-order chi connectivity index (χ1) is 15.3. The number of pyridine rings is 1. The second kappa shape index (κ2) is 8.62. The number of anilines is 3. The van der Waals surface area contributed by atoms with E-state index in [-0.39, 0.29) is 22.6 Å². The summed E-state index contributed by atoms with van der Waals surface area (Å²) in [5, 5.41) is 7.67. The van der Waals surface area contributed by atoms with Crippen molar-refractivity contribution in [1.29, 1.82) is 0 Å². The lowest BCUT2D eigenvalue weighted by Crippen LogP contribution is -2.16. The Bertz CT molecular complexity index is 1380. The van der Waals surface area contributed by atoms with Crippen LogP contribution in [0.2, 0.25) is 0 Å². The van der Waals surface area contributed by atoms with Gasteiger partial charge in [0.05, 0.1) is 16.8 Å². The van der Waals surface area contributed by atoms with Crippen molar-refractivity contribution in [2.75, 3.05) is 15.8 Å². The number of halogens is 3. The van der Waals surface area contributed by atoms with Crippen LogP contribution >= 0.6 is 11.9 Å². The molecule has 32 heavy (non-hydrogen) atoms. The molecule has 0 fully saturated rings. The molecule has 0 aliphatic heterocycles. The van der Waals surface area contributed by atoms with Crippen molar-refractivity contribution in [3.63, 3.8) is 0 Å². The number of nitrogens with zero attached hydrogens (tertiary/aromatic N) is 3. The molecule has 2 N–H and O–H groups in total. The molecule has 2 heterocycles. The van der Waals surface area contributed by atoms with Gasteiger partial charge in [-0.05, 0) is 18.2 Å². The number of fused-ring (bicyclic) bond motifs is 1. The zero-order valence-corrected chi connectivity index (χ0v) is 18.4. The maximum atomic E-state index is 14.9. The third-order valence-electron chi connectivity index (χ3n) is 4.88. The molecule has 0 aliphatic carbocycles. The van der Waals surface area contributed by atoms with E-state index in [9.17, 15) is 18.0 Å². The van der Waals surface area contributed by atoms with Gasteiger partial charge in [0.2, 0.25) is 0 Å². The molecule has 0 atom stereocenters. The van der Waals surface area contributed by atoms with Gasteiger partial charge >= 0.3 is 0 Å². The molecule has 2 aromatic carbocycles. The smallest absolute Gasteiger partial charge is 0.261 e. The van der Waals surface area contributed by atoms with Gasteiger partial charge in [0.1, 0.15) is 23.0 Å². The molecule has 0 amide bonds. The quantitative estimate of drug-likeness (QED) is 0.389. The van der Waals surface area contributed by atoms with Gasteiger partial charge in [-0.1, -0.05) is 18.9 Å². The molecule has 2 aromatic heterocycles. The fraction of sp³-hybridized carbons (Fsp3) is 0.182. The lowest BCUT2D eigenvalue weighted by atomic mass is 10.0. The van der Waals surface area contributed by atoms with Crippen molar-refractivity contribution in [3.05, 3.63) is 70.5 Å². The Morgan fingerprint density at radius 1 is 0.969 bits per heavy atom. The maximum absolute atomic E-state index is 14.9. The van der Waals surface area contributed by atoms with Crippen molar-refractivity contribution < 1.29 is 13.2 Å². The lowest BCUT2D eigenvalue weighted by molar-refractivity contribution is 0.586. The Balaban J connectivity index is 1.96. The Hall–Kier alpha value is -3.40. The summed E-state index contributed by atoms with van der Waals surface area (Å²) in [6.07, 6.45) is 3.22. The molecule has 4 rings (SSSR count). The summed E-state index contributed by atoms with van der Waals surface area (Å²) in [4.78, 5) is 12.6. The maximum Gasteiger partial charge on any atom is 0.261 e. The molecule has 4 aromatic rings. The summed E-state index contributed by atoms with van der Waals surface area (Å²) in [6.45, 7) is 1.92. The molecule has 166 valence electrons. The number of aryl methyl sites for hydroxylation is 2. The normalized spacial score (nSPS) is 11.2. The van der Waals surface area contributed by atoms with E-state index in [1.54, 1.807) is 32.6 Å². The highest BCUT2D eigenvalue weighted by Crippen LogP contribution is 2.38. The monoisotopic (exact) mass is 459 g/mol. The first-order valence-electron chi connectivity index (χ1n) is 9.75. The van der Waals surface area contributed by atoms with Gasteiger partial charge in [0, 0.05) is 61.2 Å². The van der Waals surface area contributed by atoms with E-state index in [4.69, 9.17) is 0 Å². The minimum absolute atomic E-state index is 0.0159. The second-order valence-corrected chi connectivity index (χ2v) is 8.26. The third-order valence-corrected chi connectivity index (χ3v) is 5.53. The fourth-order valence-corrected chi connectivity index (χ4v) is 3.86. The van der Waals surface area contributed by atoms with Crippen LogP contribution in [0.4, 0.5) is 30.2 Å². The van der Waals surface area contributed by atoms with Gasteiger partial charge in [-0.2, -0.15) is 5.10 Å². The third kappa shape index (κ3) is 4.05. The highest BCUT2D eigenvalue weighted by molar-refractivity contribution is 8.00. The minimum Gasteiger partial charge on any atom is -0.353 e. The molecule has 0 spiro atoms. The highest BCUT2D eigenvalue weighted by atomic mass is 32.2. The zero-order chi connectivity index (χ0) is 23.0. The standard InChI is InChI=1S/C22H20F3N5OS/c1-4-32-28-20-8-13(14-10-29(2)22(31)15-11-30(3)27-21(14)15)19(9-17(20)25)26-18-6-5-12(23)7-16(18)24/h5-11,26,28H,4H2,1-3H3. The first-order valence-corrected chi connectivity index (χ1v) is 10.7. The van der Waals surface area contributed by atoms with E-state index in [2.05, 4.69) is 15.1 Å². The van der Waals surface area contributed by atoms with E-state index < -0.39 is 17.5 Å². The fourth-order valence-electron chi connectivity index (χ4n) is 3.41. The predicted molar refractivity (Wildman–Crippen MR) is 123 cm³/mol. The van der Waals surface area contributed by atoms with E-state index in [1.165, 1.54) is 33.3 Å². The highest BCUT2D eigenvalue weighted by Gasteiger charge is 2.19. The van der Waals surface area contributed by atoms with E-state index in [0.29, 0.717) is 27.8 Å². The molecule has 0 radical (unpaired) electrons. The van der Waals surface area contributed by atoms with Crippen LogP contribution in [0, 0.1) is 17.5 Å². The molecule has 0 saturated carbocycles. The Morgan fingerprint density at radius 2 is 1.72 bits per heavy atom. The minimum atomic E-state index is -0.816. The number of aromatic nitrogens is 3. The van der Waals surface area contributed by atoms with Crippen LogP contribution in [0.1, 0.15) is 6.92 Å². The summed E-state index contributed by atoms with van der Waals surface area (Å²) >= 11 is 1.32. The Kier molecular flexibility index (Phi) is 5.88. The summed E-state index contributed by atoms with van der Waals surface area (Å²) in [6, 6.07) is 5.91. The number of rotatable bonds is 6. The topological polar surface area (TPSA) is 63.9 Å². The van der Waals surface area contributed by atoms with Crippen molar-refractivity contribution in [2.24, 2.45) is 14.1 Å². The molecule has 0 unspecified atom stereocenters. The van der Waals surface area contributed by atoms with Gasteiger partial charge in [0.25, 0.3) is 5.56 Å². The molecule has 0 saturated heterocycles. The van der Waals surface area contributed by atoms with Crippen LogP contribution < -0.4 is 15.6 Å². The summed E-state index contributed by atoms with van der Waals surface area (Å²) in [5.41, 5.74) is 1.71. The van der Waals surface area contributed by atoms with Gasteiger partial charge in [-0.25, -0.2) is 13.2 Å². The van der Waals surface area contributed by atoms with Crippen LogP contribution in [-0.4, -0.2) is 20.1 Å². The van der Waals surface area contributed by atoms with Crippen molar-refractivity contribution in [3.8, 4) is 11.1 Å².